The quantitative estimate of drug-likeness (QED) is 0.106. The third-order valence-corrected chi connectivity index (χ3v) is 11.8. The number of aromatic hydroxyl groups is 12. The maximum atomic E-state index is 12.5. The molecule has 6 aromatic carbocycles. The van der Waals surface area contributed by atoms with Crippen molar-refractivity contribution < 1.29 is 90.8 Å². The van der Waals surface area contributed by atoms with E-state index in [4.69, 9.17) is 14.2 Å². The zero-order valence-corrected chi connectivity index (χ0v) is 32.3. The molecule has 0 saturated heterocycles. The number of aliphatic hydroxyl groups is 3. The van der Waals surface area contributed by atoms with Crippen molar-refractivity contribution >= 4 is 0 Å². The number of hydrogen-bond donors (Lipinski definition) is 15. The molecule has 0 aromatic heterocycles. The van der Waals surface area contributed by atoms with Gasteiger partial charge >= 0.3 is 0 Å². The number of hydrogen-bond acceptors (Lipinski definition) is 18. The van der Waals surface area contributed by atoms with Gasteiger partial charge in [-0.25, -0.2) is 0 Å². The van der Waals surface area contributed by atoms with Crippen molar-refractivity contribution in [3.8, 4) is 86.2 Å². The Kier molecular flexibility index (Phi) is 9.46. The minimum atomic E-state index is -1.90. The molecule has 0 amide bonds. The molecule has 0 radical (unpaired) electrons. The Labute approximate surface area is 354 Å². The normalized spacial score (nSPS) is 23.6. The van der Waals surface area contributed by atoms with Crippen LogP contribution in [0.25, 0.3) is 0 Å². The van der Waals surface area contributed by atoms with Crippen LogP contribution < -0.4 is 14.2 Å². The number of benzene rings is 6. The topological polar surface area (TPSA) is 331 Å². The molecule has 3 heterocycles. The lowest BCUT2D eigenvalue weighted by Gasteiger charge is -2.43. The van der Waals surface area contributed by atoms with Gasteiger partial charge in [0.25, 0.3) is 0 Å². The monoisotopic (exact) mass is 866 g/mol. The number of phenols is 12. The van der Waals surface area contributed by atoms with Gasteiger partial charge in [-0.2, -0.15) is 0 Å². The van der Waals surface area contributed by atoms with Crippen LogP contribution in [0.1, 0.15) is 74.7 Å². The first-order valence-corrected chi connectivity index (χ1v) is 19.3. The van der Waals surface area contributed by atoms with Gasteiger partial charge in [0.15, 0.2) is 46.7 Å². The van der Waals surface area contributed by atoms with E-state index in [2.05, 4.69) is 0 Å². The van der Waals surface area contributed by atoms with Crippen molar-refractivity contribution in [1.29, 1.82) is 0 Å². The highest BCUT2D eigenvalue weighted by Crippen LogP contribution is 2.62. The fraction of sp³-hybridized carbons (Fsp3) is 0.200. The highest BCUT2D eigenvalue weighted by Gasteiger charge is 2.51. The molecule has 0 spiro atoms. The van der Waals surface area contributed by atoms with E-state index >= 15 is 0 Å². The van der Waals surface area contributed by atoms with Crippen molar-refractivity contribution in [2.24, 2.45) is 0 Å². The molecule has 63 heavy (non-hydrogen) atoms. The predicted octanol–water partition coefficient (Wildman–Crippen LogP) is 4.44. The van der Waals surface area contributed by atoms with Crippen LogP contribution in [0, 0.1) is 0 Å². The van der Waals surface area contributed by atoms with E-state index in [-0.39, 0.29) is 62.4 Å². The van der Waals surface area contributed by atoms with Gasteiger partial charge in [-0.15, -0.1) is 0 Å². The second-order valence-corrected chi connectivity index (χ2v) is 15.7. The van der Waals surface area contributed by atoms with E-state index < -0.39 is 123 Å². The van der Waals surface area contributed by atoms with Crippen molar-refractivity contribution in [3.63, 3.8) is 0 Å². The van der Waals surface area contributed by atoms with Crippen molar-refractivity contribution in [1.82, 2.24) is 0 Å². The first-order valence-electron chi connectivity index (χ1n) is 19.3. The van der Waals surface area contributed by atoms with Gasteiger partial charge in [0.1, 0.15) is 70.1 Å². The van der Waals surface area contributed by atoms with Crippen LogP contribution in [0.3, 0.4) is 0 Å². The third kappa shape index (κ3) is 6.46. The molecule has 18 nitrogen and oxygen atoms in total. The van der Waals surface area contributed by atoms with Crippen LogP contribution in [-0.4, -0.2) is 94.9 Å². The van der Waals surface area contributed by atoms with Gasteiger partial charge in [0.05, 0.1) is 17.9 Å². The molecular weight excluding hydrogens is 828 g/mol. The molecule has 15 N–H and O–H groups in total. The van der Waals surface area contributed by atoms with E-state index in [1.165, 1.54) is 18.2 Å². The van der Waals surface area contributed by atoms with E-state index in [0.29, 0.717) is 0 Å². The maximum Gasteiger partial charge on any atom is 0.157 e. The smallest absolute Gasteiger partial charge is 0.157 e. The average molecular weight is 867 g/mol. The lowest BCUT2D eigenvalue weighted by molar-refractivity contribution is -0.00562. The molecule has 0 aliphatic carbocycles. The number of aliphatic hydroxyl groups excluding tert-OH is 3. The summed E-state index contributed by atoms with van der Waals surface area (Å²) in [6.45, 7) is 0. The summed E-state index contributed by atoms with van der Waals surface area (Å²) >= 11 is 0. The second-order valence-electron chi connectivity index (χ2n) is 15.7. The summed E-state index contributed by atoms with van der Waals surface area (Å²) in [6.07, 6.45) is -9.93. The number of fused-ring (bicyclic) bond motifs is 3. The van der Waals surface area contributed by atoms with E-state index in [0.717, 1.165) is 60.7 Å². The molecule has 326 valence electrons. The SMILES string of the molecule is Oc1cc(O)c2c(c1)O[C@H](c1ccc(O)c(O)c1)[C@@H](O)[C@H]2c1c(O)cc(O)c2c1O[C@H](c1ccc(O)c(O)c1)[C@@H](O)[C@H]2c1c(O)cc(O)c2c1O[C@H](c1ccc(O)c(O)c1)[C@@H](O)C2. The fourth-order valence-electron chi connectivity index (χ4n) is 8.94. The van der Waals surface area contributed by atoms with Gasteiger partial charge < -0.3 is 90.8 Å². The highest BCUT2D eigenvalue weighted by atomic mass is 16.5. The molecule has 9 rings (SSSR count). The first-order chi connectivity index (χ1) is 29.9. The molecule has 0 fully saturated rings. The zero-order chi connectivity index (χ0) is 44.9. The predicted molar refractivity (Wildman–Crippen MR) is 214 cm³/mol. The number of phenolic OH excluding ortho intramolecular Hbond substituents is 12. The minimum absolute atomic E-state index is 0.0127. The summed E-state index contributed by atoms with van der Waals surface area (Å²) in [5.41, 5.74) is -1.10. The number of rotatable bonds is 5. The summed E-state index contributed by atoms with van der Waals surface area (Å²) in [4.78, 5) is 0. The Morgan fingerprint density at radius 3 is 1.29 bits per heavy atom. The Hall–Kier alpha value is -7.80. The second kappa shape index (κ2) is 14.7. The summed E-state index contributed by atoms with van der Waals surface area (Å²) in [6, 6.07) is 14.4. The molecule has 0 bridgehead atoms. The van der Waals surface area contributed by atoms with Crippen LogP contribution in [0.2, 0.25) is 0 Å². The zero-order valence-electron chi connectivity index (χ0n) is 32.3. The fourth-order valence-corrected chi connectivity index (χ4v) is 8.94. The molecule has 0 saturated carbocycles. The lowest BCUT2D eigenvalue weighted by Crippen LogP contribution is -2.39. The Balaban J connectivity index is 1.31. The lowest BCUT2D eigenvalue weighted by atomic mass is 9.73. The summed E-state index contributed by atoms with van der Waals surface area (Å²) in [7, 11) is 0. The van der Waals surface area contributed by atoms with Crippen LogP contribution in [0.5, 0.6) is 86.2 Å². The van der Waals surface area contributed by atoms with Gasteiger partial charge in [0, 0.05) is 58.5 Å². The summed E-state index contributed by atoms with van der Waals surface area (Å²) < 4.78 is 18.9. The summed E-state index contributed by atoms with van der Waals surface area (Å²) in [5.74, 6) is -11.5. The molecule has 3 aliphatic rings. The third-order valence-electron chi connectivity index (χ3n) is 11.8. The maximum absolute atomic E-state index is 12.5. The van der Waals surface area contributed by atoms with E-state index in [9.17, 15) is 76.6 Å². The molecule has 3 aliphatic heterocycles. The average Bonchev–Trinajstić information content (AvgIpc) is 3.22. The van der Waals surface area contributed by atoms with Gasteiger partial charge in [-0.1, -0.05) is 18.2 Å². The van der Waals surface area contributed by atoms with Gasteiger partial charge in [0.2, 0.25) is 0 Å². The van der Waals surface area contributed by atoms with Gasteiger partial charge in [-0.05, 0) is 53.1 Å². The molecular formula is C45H38O18. The van der Waals surface area contributed by atoms with Crippen molar-refractivity contribution in [2.45, 2.75) is 54.9 Å². The van der Waals surface area contributed by atoms with Gasteiger partial charge in [-0.3, -0.25) is 0 Å². The molecule has 18 heteroatoms. The Morgan fingerprint density at radius 2 is 0.778 bits per heavy atom. The Bertz CT molecular complexity index is 2840. The highest BCUT2D eigenvalue weighted by molar-refractivity contribution is 5.70. The van der Waals surface area contributed by atoms with Crippen LogP contribution >= 0.6 is 0 Å². The molecule has 6 aromatic rings. The van der Waals surface area contributed by atoms with Crippen molar-refractivity contribution in [2.75, 3.05) is 0 Å². The van der Waals surface area contributed by atoms with Crippen LogP contribution in [0.4, 0.5) is 0 Å². The first kappa shape index (κ1) is 40.6. The van der Waals surface area contributed by atoms with E-state index in [1.54, 1.807) is 0 Å². The van der Waals surface area contributed by atoms with E-state index in [1.807, 2.05) is 0 Å². The Morgan fingerprint density at radius 1 is 0.365 bits per heavy atom. The van der Waals surface area contributed by atoms with Crippen molar-refractivity contribution in [3.05, 3.63) is 123 Å². The van der Waals surface area contributed by atoms with Crippen LogP contribution in [0.15, 0.2) is 78.9 Å². The number of ether oxygens (including phenoxy) is 3. The summed E-state index contributed by atoms with van der Waals surface area (Å²) in [5, 5.41) is 166. The minimum Gasteiger partial charge on any atom is -0.508 e. The van der Waals surface area contributed by atoms with Crippen LogP contribution in [-0.2, 0) is 6.42 Å². The molecule has 8 atom stereocenters. The standard InChI is InChI=1S/C45H38O18/c46-18-10-27(54)33-32(11-18)61-42(16-2-5-21(48)25(52)8-16)39(59)37(33)35-29(56)14-30(57)36-38(40(60)43(63-45(35)36)17-3-6-22(49)26(53)9-17)34-28(55)13-23(50)19-12-31(58)41(62-44(19)34)15-1-4-20(47)24(51)7-15/h1-11,13-14,31,37-43,46-60H,12H2/t31-,37+,38-,39-,40-,41+,42+,43+/m0/s1. The molecule has 0 unspecified atom stereocenters. The largest absolute Gasteiger partial charge is 0.508 e.